The number of nitrogens with one attached hydrogen (secondary N) is 1. The normalized spacial score (nSPS) is 15.3. The summed E-state index contributed by atoms with van der Waals surface area (Å²) in [4.78, 5) is 29.7. The fourth-order valence-electron chi connectivity index (χ4n) is 3.44. The van der Waals surface area contributed by atoms with E-state index in [1.165, 1.54) is 34.9 Å². The van der Waals surface area contributed by atoms with Crippen LogP contribution in [0, 0.1) is 0 Å². The molecule has 1 fully saturated rings. The largest absolute Gasteiger partial charge is 0.444 e. The van der Waals surface area contributed by atoms with Crippen molar-refractivity contribution in [1.29, 1.82) is 0 Å². The predicted molar refractivity (Wildman–Crippen MR) is 123 cm³/mol. The number of hydrogen-bond donors (Lipinski definition) is 1. The number of rotatable bonds is 7. The highest BCUT2D eigenvalue weighted by Crippen LogP contribution is 2.24. The van der Waals surface area contributed by atoms with Crippen LogP contribution in [0.1, 0.15) is 22.0 Å². The Morgan fingerprint density at radius 3 is 2.47 bits per heavy atom. The molecule has 0 saturated carbocycles. The summed E-state index contributed by atoms with van der Waals surface area (Å²) in [6.07, 6.45) is 1.62. The third kappa shape index (κ3) is 5.48. The smallest absolute Gasteiger partial charge is 0.340 e. The van der Waals surface area contributed by atoms with E-state index in [2.05, 4.69) is 10.3 Å². The summed E-state index contributed by atoms with van der Waals surface area (Å²) in [5, 5.41) is 2.67. The van der Waals surface area contributed by atoms with Crippen LogP contribution in [-0.2, 0) is 24.3 Å². The number of hydrogen-bond acceptors (Lipinski definition) is 7. The lowest BCUT2D eigenvalue weighted by atomic mass is 10.1. The van der Waals surface area contributed by atoms with Gasteiger partial charge in [-0.3, -0.25) is 9.78 Å². The Morgan fingerprint density at radius 2 is 1.76 bits per heavy atom. The third-order valence-electron chi connectivity index (χ3n) is 5.17. The first-order chi connectivity index (χ1) is 16.4. The van der Waals surface area contributed by atoms with Crippen molar-refractivity contribution in [3.63, 3.8) is 0 Å². The average Bonchev–Trinajstić information content (AvgIpc) is 2.88. The van der Waals surface area contributed by atoms with Crippen LogP contribution in [0.4, 0.5) is 5.69 Å². The topological polar surface area (TPSA) is 115 Å². The SMILES string of the molecule is O=C(OC(C(=O)Nc1cccc(S(=O)(=O)N2CCOCC2)c1)c1ccccc1)c1cccnc1. The molecule has 1 saturated heterocycles. The number of carbonyl (C=O) groups is 2. The number of anilines is 1. The number of ether oxygens (including phenoxy) is 2. The number of aromatic nitrogens is 1. The van der Waals surface area contributed by atoms with Crippen LogP contribution in [0.2, 0.25) is 0 Å². The number of carbonyl (C=O) groups excluding carboxylic acids is 2. The maximum absolute atomic E-state index is 13.2. The van der Waals surface area contributed by atoms with E-state index in [9.17, 15) is 18.0 Å². The summed E-state index contributed by atoms with van der Waals surface area (Å²) in [6.45, 7) is 1.19. The Kier molecular flexibility index (Phi) is 7.31. The summed E-state index contributed by atoms with van der Waals surface area (Å²) in [6, 6.07) is 17.7. The van der Waals surface area contributed by atoms with Crippen LogP contribution < -0.4 is 5.32 Å². The first-order valence-electron chi connectivity index (χ1n) is 10.6. The van der Waals surface area contributed by atoms with Crippen molar-refractivity contribution in [2.75, 3.05) is 31.6 Å². The van der Waals surface area contributed by atoms with Gasteiger partial charge in [-0.15, -0.1) is 0 Å². The number of benzene rings is 2. The summed E-state index contributed by atoms with van der Waals surface area (Å²) in [5.74, 6) is -1.33. The number of pyridine rings is 1. The zero-order valence-corrected chi connectivity index (χ0v) is 19.0. The van der Waals surface area contributed by atoms with Crippen LogP contribution in [0.25, 0.3) is 0 Å². The second-order valence-corrected chi connectivity index (χ2v) is 9.41. The molecule has 2 heterocycles. The van der Waals surface area contributed by atoms with Gasteiger partial charge in [0.25, 0.3) is 5.91 Å². The van der Waals surface area contributed by atoms with Crippen molar-refractivity contribution < 1.29 is 27.5 Å². The average molecular weight is 482 g/mol. The molecule has 0 radical (unpaired) electrons. The predicted octanol–water partition coefficient (Wildman–Crippen LogP) is 2.64. The molecule has 1 aromatic heterocycles. The fourth-order valence-corrected chi connectivity index (χ4v) is 4.89. The Hall–Kier alpha value is -3.60. The molecule has 1 unspecified atom stereocenters. The van der Waals surface area contributed by atoms with E-state index in [1.807, 2.05) is 0 Å². The molecule has 34 heavy (non-hydrogen) atoms. The quantitative estimate of drug-likeness (QED) is 0.516. The molecule has 1 atom stereocenters. The van der Waals surface area contributed by atoms with E-state index in [1.54, 1.807) is 48.5 Å². The van der Waals surface area contributed by atoms with Gasteiger partial charge in [-0.05, 0) is 30.3 Å². The molecular formula is C24H23N3O6S. The maximum atomic E-state index is 13.2. The molecule has 9 nitrogen and oxygen atoms in total. The highest BCUT2D eigenvalue weighted by Gasteiger charge is 2.28. The minimum absolute atomic E-state index is 0.0517. The van der Waals surface area contributed by atoms with Gasteiger partial charge in [-0.25, -0.2) is 13.2 Å². The monoisotopic (exact) mass is 481 g/mol. The fraction of sp³-hybridized carbons (Fsp3) is 0.208. The van der Waals surface area contributed by atoms with Gasteiger partial charge in [0, 0.05) is 36.7 Å². The number of nitrogens with zero attached hydrogens (tertiary/aromatic N) is 2. The van der Waals surface area contributed by atoms with E-state index in [4.69, 9.17) is 9.47 Å². The third-order valence-corrected chi connectivity index (χ3v) is 7.07. The molecule has 0 bridgehead atoms. The van der Waals surface area contributed by atoms with E-state index < -0.39 is 28.0 Å². The number of sulfonamides is 1. The minimum atomic E-state index is -3.74. The maximum Gasteiger partial charge on any atom is 0.340 e. The van der Waals surface area contributed by atoms with Crippen LogP contribution >= 0.6 is 0 Å². The van der Waals surface area contributed by atoms with Crippen molar-refractivity contribution in [3.8, 4) is 0 Å². The molecule has 1 aliphatic heterocycles. The van der Waals surface area contributed by atoms with E-state index >= 15 is 0 Å². The standard InChI is InChI=1S/C24H23N3O6S/c28-23(22(18-6-2-1-3-7-18)33-24(29)19-8-5-11-25-17-19)26-20-9-4-10-21(16-20)34(30,31)27-12-14-32-15-13-27/h1-11,16-17,22H,12-15H2,(H,26,28). The lowest BCUT2D eigenvalue weighted by Gasteiger charge is -2.26. The van der Waals surface area contributed by atoms with Gasteiger partial charge < -0.3 is 14.8 Å². The van der Waals surface area contributed by atoms with Crippen LogP contribution in [0.3, 0.4) is 0 Å². The molecule has 10 heteroatoms. The van der Waals surface area contributed by atoms with Crippen molar-refractivity contribution >= 4 is 27.6 Å². The summed E-state index contributed by atoms with van der Waals surface area (Å²) in [7, 11) is -3.74. The molecule has 1 amide bonds. The van der Waals surface area contributed by atoms with E-state index in [0.717, 1.165) is 0 Å². The Balaban J connectivity index is 1.56. The van der Waals surface area contributed by atoms with Crippen LogP contribution in [0.5, 0.6) is 0 Å². The van der Waals surface area contributed by atoms with Crippen molar-refractivity contribution in [1.82, 2.24) is 9.29 Å². The number of morpholine rings is 1. The second-order valence-electron chi connectivity index (χ2n) is 7.47. The Labute approximate surface area is 197 Å². The molecular weight excluding hydrogens is 458 g/mol. The molecule has 176 valence electrons. The van der Waals surface area contributed by atoms with Gasteiger partial charge in [0.1, 0.15) is 0 Å². The number of esters is 1. The molecule has 0 spiro atoms. The van der Waals surface area contributed by atoms with Crippen LogP contribution in [-0.4, -0.2) is 55.9 Å². The summed E-state index contributed by atoms with van der Waals surface area (Å²) < 4.78 is 38.0. The summed E-state index contributed by atoms with van der Waals surface area (Å²) in [5.41, 5.74) is 0.932. The first-order valence-corrected chi connectivity index (χ1v) is 12.0. The van der Waals surface area contributed by atoms with Gasteiger partial charge in [0.2, 0.25) is 16.1 Å². The molecule has 1 N–H and O–H groups in total. The zero-order valence-electron chi connectivity index (χ0n) is 18.2. The highest BCUT2D eigenvalue weighted by molar-refractivity contribution is 7.89. The van der Waals surface area contributed by atoms with E-state index in [0.29, 0.717) is 18.8 Å². The molecule has 0 aliphatic carbocycles. The van der Waals surface area contributed by atoms with Crippen molar-refractivity contribution in [2.24, 2.45) is 0 Å². The van der Waals surface area contributed by atoms with Gasteiger partial charge >= 0.3 is 5.97 Å². The van der Waals surface area contributed by atoms with E-state index in [-0.39, 0.29) is 29.2 Å². The second kappa shape index (κ2) is 10.6. The van der Waals surface area contributed by atoms with Gasteiger partial charge in [0.05, 0.1) is 23.7 Å². The van der Waals surface area contributed by atoms with Crippen LogP contribution in [0.15, 0.2) is 84.0 Å². The molecule has 1 aliphatic rings. The molecule has 2 aromatic carbocycles. The lowest BCUT2D eigenvalue weighted by Crippen LogP contribution is -2.40. The molecule has 4 rings (SSSR count). The van der Waals surface area contributed by atoms with Gasteiger partial charge in [-0.2, -0.15) is 4.31 Å². The number of amides is 1. The Bertz CT molecular complexity index is 1250. The molecule has 3 aromatic rings. The van der Waals surface area contributed by atoms with Crippen molar-refractivity contribution in [2.45, 2.75) is 11.0 Å². The zero-order chi connectivity index (χ0) is 24.0. The minimum Gasteiger partial charge on any atom is -0.444 e. The first kappa shape index (κ1) is 23.6. The van der Waals surface area contributed by atoms with Gasteiger partial charge in [0.15, 0.2) is 0 Å². The highest BCUT2D eigenvalue weighted by atomic mass is 32.2. The Morgan fingerprint density at radius 1 is 1.00 bits per heavy atom. The summed E-state index contributed by atoms with van der Waals surface area (Å²) >= 11 is 0. The lowest BCUT2D eigenvalue weighted by molar-refractivity contribution is -0.125. The van der Waals surface area contributed by atoms with Crippen molar-refractivity contribution in [3.05, 3.63) is 90.3 Å². The van der Waals surface area contributed by atoms with Gasteiger partial charge in [-0.1, -0.05) is 36.4 Å².